The smallest absolute Gasteiger partial charge is 0.237 e. The van der Waals surface area contributed by atoms with Gasteiger partial charge in [0.05, 0.1) is 11.6 Å². The standard InChI is InChI=1S/C13H24N2O2S/c1-13(17,8-18-2)7-15-12(16)11-10-5-3-4-9(10)6-14-11/h9-11,14,17H,3-8H2,1-2H3,(H,15,16). The summed E-state index contributed by atoms with van der Waals surface area (Å²) in [7, 11) is 0. The van der Waals surface area contributed by atoms with Gasteiger partial charge in [-0.05, 0) is 44.4 Å². The van der Waals surface area contributed by atoms with Crippen LogP contribution in [0.4, 0.5) is 0 Å². The Kier molecular flexibility index (Phi) is 4.56. The summed E-state index contributed by atoms with van der Waals surface area (Å²) in [6, 6.07) is -0.0393. The Morgan fingerprint density at radius 3 is 3.06 bits per heavy atom. The zero-order valence-electron chi connectivity index (χ0n) is 11.2. The third kappa shape index (κ3) is 3.19. The first kappa shape index (κ1) is 14.2. The lowest BCUT2D eigenvalue weighted by Gasteiger charge is -2.25. The van der Waals surface area contributed by atoms with E-state index in [1.54, 1.807) is 18.7 Å². The molecule has 5 heteroatoms. The number of thioether (sulfide) groups is 1. The minimum absolute atomic E-state index is 0.0393. The first-order chi connectivity index (χ1) is 8.53. The molecule has 1 saturated carbocycles. The summed E-state index contributed by atoms with van der Waals surface area (Å²) in [6.07, 6.45) is 5.63. The number of carbonyl (C=O) groups excluding carboxylic acids is 1. The second kappa shape index (κ2) is 5.80. The minimum Gasteiger partial charge on any atom is -0.387 e. The van der Waals surface area contributed by atoms with Gasteiger partial charge in [-0.15, -0.1) is 0 Å². The Morgan fingerprint density at radius 1 is 1.56 bits per heavy atom. The number of hydrogen-bond acceptors (Lipinski definition) is 4. The summed E-state index contributed by atoms with van der Waals surface area (Å²) in [6.45, 7) is 3.08. The zero-order valence-corrected chi connectivity index (χ0v) is 12.1. The molecule has 2 aliphatic rings. The molecule has 0 aromatic rings. The fourth-order valence-electron chi connectivity index (χ4n) is 3.22. The van der Waals surface area contributed by atoms with E-state index < -0.39 is 5.60 Å². The van der Waals surface area contributed by atoms with Crippen LogP contribution in [0.2, 0.25) is 0 Å². The van der Waals surface area contributed by atoms with Crippen molar-refractivity contribution in [3.63, 3.8) is 0 Å². The molecule has 4 nitrogen and oxygen atoms in total. The van der Waals surface area contributed by atoms with Gasteiger partial charge in [-0.25, -0.2) is 0 Å². The van der Waals surface area contributed by atoms with Crippen LogP contribution in [0.25, 0.3) is 0 Å². The molecule has 1 heterocycles. The van der Waals surface area contributed by atoms with Gasteiger partial charge in [0.15, 0.2) is 0 Å². The highest BCUT2D eigenvalue weighted by Gasteiger charge is 2.42. The first-order valence-corrected chi connectivity index (χ1v) is 8.15. The van der Waals surface area contributed by atoms with Gasteiger partial charge in [0.25, 0.3) is 0 Å². The van der Waals surface area contributed by atoms with Gasteiger partial charge in [0, 0.05) is 12.3 Å². The van der Waals surface area contributed by atoms with Crippen LogP contribution in [0.1, 0.15) is 26.2 Å². The van der Waals surface area contributed by atoms with Crippen molar-refractivity contribution in [2.45, 2.75) is 37.8 Å². The topological polar surface area (TPSA) is 61.4 Å². The Morgan fingerprint density at radius 2 is 2.33 bits per heavy atom. The van der Waals surface area contributed by atoms with E-state index in [0.29, 0.717) is 24.1 Å². The molecule has 0 aromatic carbocycles. The molecular formula is C13H24N2O2S. The van der Waals surface area contributed by atoms with Crippen LogP contribution in [-0.2, 0) is 4.79 Å². The normalized spacial score (nSPS) is 34.1. The SMILES string of the molecule is CSCC(C)(O)CNC(=O)C1NCC2CCCC21. The van der Waals surface area contributed by atoms with Crippen molar-refractivity contribution in [2.75, 3.05) is 25.1 Å². The summed E-state index contributed by atoms with van der Waals surface area (Å²) in [5.74, 6) is 1.89. The molecule has 1 saturated heterocycles. The lowest BCUT2D eigenvalue weighted by atomic mass is 9.93. The van der Waals surface area contributed by atoms with E-state index in [4.69, 9.17) is 0 Å². The van der Waals surface area contributed by atoms with Crippen LogP contribution in [0.15, 0.2) is 0 Å². The van der Waals surface area contributed by atoms with Gasteiger partial charge < -0.3 is 15.7 Å². The van der Waals surface area contributed by atoms with Crippen LogP contribution >= 0.6 is 11.8 Å². The average Bonchev–Trinajstić information content (AvgIpc) is 2.87. The monoisotopic (exact) mass is 272 g/mol. The van der Waals surface area contributed by atoms with E-state index in [2.05, 4.69) is 10.6 Å². The van der Waals surface area contributed by atoms with Crippen molar-refractivity contribution in [3.05, 3.63) is 0 Å². The molecule has 4 atom stereocenters. The van der Waals surface area contributed by atoms with Crippen molar-refractivity contribution in [1.29, 1.82) is 0 Å². The van der Waals surface area contributed by atoms with Crippen molar-refractivity contribution in [3.8, 4) is 0 Å². The van der Waals surface area contributed by atoms with Gasteiger partial charge >= 0.3 is 0 Å². The number of fused-ring (bicyclic) bond motifs is 1. The molecule has 0 aromatic heterocycles. The molecule has 18 heavy (non-hydrogen) atoms. The van der Waals surface area contributed by atoms with Gasteiger partial charge in [-0.2, -0.15) is 11.8 Å². The third-order valence-electron chi connectivity index (χ3n) is 4.13. The highest BCUT2D eigenvalue weighted by Crippen LogP contribution is 2.37. The molecule has 2 rings (SSSR count). The van der Waals surface area contributed by atoms with Gasteiger partial charge in [-0.3, -0.25) is 4.79 Å². The number of hydrogen-bond donors (Lipinski definition) is 3. The maximum absolute atomic E-state index is 12.1. The van der Waals surface area contributed by atoms with Crippen LogP contribution in [-0.4, -0.2) is 47.8 Å². The fraction of sp³-hybridized carbons (Fsp3) is 0.923. The lowest BCUT2D eigenvalue weighted by molar-refractivity contribution is -0.124. The molecule has 1 aliphatic heterocycles. The van der Waals surface area contributed by atoms with Gasteiger partial charge in [0.2, 0.25) is 5.91 Å². The molecule has 1 aliphatic carbocycles. The maximum Gasteiger partial charge on any atom is 0.237 e. The Hall–Kier alpha value is -0.260. The number of nitrogens with one attached hydrogen (secondary N) is 2. The number of aliphatic hydroxyl groups is 1. The van der Waals surface area contributed by atoms with Crippen molar-refractivity contribution < 1.29 is 9.90 Å². The molecule has 4 unspecified atom stereocenters. The molecule has 0 bridgehead atoms. The molecule has 0 spiro atoms. The highest BCUT2D eigenvalue weighted by atomic mass is 32.2. The minimum atomic E-state index is -0.817. The second-order valence-corrected chi connectivity index (χ2v) is 6.75. The van der Waals surface area contributed by atoms with Gasteiger partial charge in [-0.1, -0.05) is 6.42 Å². The second-order valence-electron chi connectivity index (χ2n) is 5.89. The van der Waals surface area contributed by atoms with Crippen molar-refractivity contribution in [1.82, 2.24) is 10.6 Å². The first-order valence-electron chi connectivity index (χ1n) is 6.76. The summed E-state index contributed by atoms with van der Waals surface area (Å²) < 4.78 is 0. The van der Waals surface area contributed by atoms with E-state index >= 15 is 0 Å². The largest absolute Gasteiger partial charge is 0.387 e. The Labute approximate surface area is 113 Å². The van der Waals surface area contributed by atoms with Crippen LogP contribution < -0.4 is 10.6 Å². The maximum atomic E-state index is 12.1. The van der Waals surface area contributed by atoms with Gasteiger partial charge in [0.1, 0.15) is 0 Å². The summed E-state index contributed by atoms with van der Waals surface area (Å²) in [4.78, 5) is 12.1. The number of rotatable bonds is 5. The number of carbonyl (C=O) groups is 1. The Bertz CT molecular complexity index is 309. The van der Waals surface area contributed by atoms with Crippen molar-refractivity contribution in [2.24, 2.45) is 11.8 Å². The van der Waals surface area contributed by atoms with E-state index in [-0.39, 0.29) is 11.9 Å². The highest BCUT2D eigenvalue weighted by molar-refractivity contribution is 7.98. The molecule has 2 fully saturated rings. The van der Waals surface area contributed by atoms with Crippen LogP contribution in [0.3, 0.4) is 0 Å². The summed E-state index contributed by atoms with van der Waals surface area (Å²) >= 11 is 1.59. The fourth-order valence-corrected chi connectivity index (χ4v) is 3.95. The van der Waals surface area contributed by atoms with E-state index in [0.717, 1.165) is 13.0 Å². The van der Waals surface area contributed by atoms with Crippen LogP contribution in [0, 0.1) is 11.8 Å². The zero-order chi connectivity index (χ0) is 13.2. The molecule has 0 radical (unpaired) electrons. The predicted molar refractivity (Wildman–Crippen MR) is 74.6 cm³/mol. The average molecular weight is 272 g/mol. The molecule has 1 amide bonds. The quantitative estimate of drug-likeness (QED) is 0.686. The predicted octanol–water partition coefficient (Wildman–Crippen LogP) is 0.605. The summed E-state index contributed by atoms with van der Waals surface area (Å²) in [5, 5.41) is 16.3. The van der Waals surface area contributed by atoms with E-state index in [1.165, 1.54) is 12.8 Å². The van der Waals surface area contributed by atoms with E-state index in [9.17, 15) is 9.90 Å². The molecule has 3 N–H and O–H groups in total. The molecule has 104 valence electrons. The van der Waals surface area contributed by atoms with Crippen molar-refractivity contribution >= 4 is 17.7 Å². The molecular weight excluding hydrogens is 248 g/mol. The van der Waals surface area contributed by atoms with Crippen LogP contribution in [0.5, 0.6) is 0 Å². The number of amides is 1. The lowest BCUT2D eigenvalue weighted by Crippen LogP contribution is -2.49. The Balaban J connectivity index is 1.81. The summed E-state index contributed by atoms with van der Waals surface area (Å²) in [5.41, 5.74) is -0.817. The van der Waals surface area contributed by atoms with E-state index in [1.807, 2.05) is 6.26 Å². The third-order valence-corrected chi connectivity index (χ3v) is 5.04.